The fourth-order valence-corrected chi connectivity index (χ4v) is 1.89. The van der Waals surface area contributed by atoms with Gasteiger partial charge in [0.05, 0.1) is 5.60 Å². The number of benzene rings is 1. The standard InChI is InChI=1S/C17H21FN2O4/c1-17(2,22)8-9-20(3)16(21)14-10-24-15(19-14)11-23-13-6-4-12(18)5-7-13/h4-7,10,22H,8-9,11H2,1-3H3. The van der Waals surface area contributed by atoms with Gasteiger partial charge in [-0.15, -0.1) is 0 Å². The minimum atomic E-state index is -0.841. The molecule has 7 heteroatoms. The van der Waals surface area contributed by atoms with E-state index in [2.05, 4.69) is 4.98 Å². The van der Waals surface area contributed by atoms with E-state index in [1.54, 1.807) is 20.9 Å². The van der Waals surface area contributed by atoms with Gasteiger partial charge in [0.25, 0.3) is 5.91 Å². The predicted octanol–water partition coefficient (Wildman–Crippen LogP) is 2.63. The number of hydrogen-bond donors (Lipinski definition) is 1. The van der Waals surface area contributed by atoms with E-state index >= 15 is 0 Å². The second-order valence-corrected chi connectivity index (χ2v) is 6.16. The Morgan fingerprint density at radius 1 is 1.38 bits per heavy atom. The molecule has 0 fully saturated rings. The number of aromatic nitrogens is 1. The molecule has 0 spiro atoms. The van der Waals surface area contributed by atoms with Crippen molar-refractivity contribution in [1.82, 2.24) is 9.88 Å². The summed E-state index contributed by atoms with van der Waals surface area (Å²) in [6.45, 7) is 3.81. The Kier molecular flexibility index (Phi) is 5.56. The van der Waals surface area contributed by atoms with E-state index in [-0.39, 0.29) is 29.9 Å². The second kappa shape index (κ2) is 7.44. The number of hydrogen-bond acceptors (Lipinski definition) is 5. The molecule has 1 heterocycles. The van der Waals surface area contributed by atoms with Gasteiger partial charge in [0.2, 0.25) is 5.89 Å². The Labute approximate surface area is 139 Å². The fraction of sp³-hybridized carbons (Fsp3) is 0.412. The van der Waals surface area contributed by atoms with Crippen LogP contribution < -0.4 is 4.74 Å². The molecule has 1 amide bonds. The number of nitrogens with zero attached hydrogens (tertiary/aromatic N) is 2. The zero-order valence-electron chi connectivity index (χ0n) is 14.0. The quantitative estimate of drug-likeness (QED) is 0.841. The Morgan fingerprint density at radius 2 is 2.04 bits per heavy atom. The minimum Gasteiger partial charge on any atom is -0.484 e. The van der Waals surface area contributed by atoms with Crippen LogP contribution in [0.3, 0.4) is 0 Å². The monoisotopic (exact) mass is 336 g/mol. The van der Waals surface area contributed by atoms with Crippen LogP contribution in [-0.4, -0.2) is 40.1 Å². The largest absolute Gasteiger partial charge is 0.484 e. The molecule has 1 aromatic heterocycles. The summed E-state index contributed by atoms with van der Waals surface area (Å²) in [6, 6.07) is 5.57. The fourth-order valence-electron chi connectivity index (χ4n) is 1.89. The molecule has 1 N–H and O–H groups in total. The summed E-state index contributed by atoms with van der Waals surface area (Å²) in [5.74, 6) is 0.0832. The van der Waals surface area contributed by atoms with E-state index in [9.17, 15) is 14.3 Å². The molecule has 0 aliphatic rings. The molecule has 0 radical (unpaired) electrons. The van der Waals surface area contributed by atoms with Gasteiger partial charge in [-0.3, -0.25) is 4.79 Å². The van der Waals surface area contributed by atoms with E-state index in [4.69, 9.17) is 9.15 Å². The lowest BCUT2D eigenvalue weighted by Gasteiger charge is -2.22. The molecule has 0 atom stereocenters. The number of oxazole rings is 1. The molecule has 1 aromatic carbocycles. The normalized spacial score (nSPS) is 11.4. The molecule has 0 bridgehead atoms. The molecule has 6 nitrogen and oxygen atoms in total. The van der Waals surface area contributed by atoms with Gasteiger partial charge in [-0.05, 0) is 44.5 Å². The minimum absolute atomic E-state index is 0.0340. The zero-order valence-corrected chi connectivity index (χ0v) is 14.0. The molecular formula is C17H21FN2O4. The van der Waals surface area contributed by atoms with Gasteiger partial charge < -0.3 is 19.2 Å². The third kappa shape index (κ3) is 5.34. The van der Waals surface area contributed by atoms with Crippen LogP contribution in [0, 0.1) is 5.82 Å². The van der Waals surface area contributed by atoms with E-state index in [1.807, 2.05) is 0 Å². The second-order valence-electron chi connectivity index (χ2n) is 6.16. The van der Waals surface area contributed by atoms with Crippen LogP contribution in [0.4, 0.5) is 4.39 Å². The van der Waals surface area contributed by atoms with Crippen molar-refractivity contribution in [2.45, 2.75) is 32.5 Å². The van der Waals surface area contributed by atoms with Crippen molar-refractivity contribution in [3.8, 4) is 5.75 Å². The average molecular weight is 336 g/mol. The molecule has 2 aromatic rings. The summed E-state index contributed by atoms with van der Waals surface area (Å²) in [5.41, 5.74) is -0.669. The van der Waals surface area contributed by atoms with Crippen molar-refractivity contribution >= 4 is 5.91 Å². The predicted molar refractivity (Wildman–Crippen MR) is 85.1 cm³/mol. The summed E-state index contributed by atoms with van der Waals surface area (Å²) in [4.78, 5) is 17.8. The highest BCUT2D eigenvalue weighted by Gasteiger charge is 2.20. The highest BCUT2D eigenvalue weighted by molar-refractivity contribution is 5.91. The molecule has 0 saturated heterocycles. The Balaban J connectivity index is 1.89. The van der Waals surface area contributed by atoms with E-state index in [0.29, 0.717) is 18.7 Å². The highest BCUT2D eigenvalue weighted by atomic mass is 19.1. The molecular weight excluding hydrogens is 315 g/mol. The summed E-state index contributed by atoms with van der Waals surface area (Å²) in [7, 11) is 1.64. The van der Waals surface area contributed by atoms with Gasteiger partial charge in [-0.2, -0.15) is 0 Å². The van der Waals surface area contributed by atoms with Crippen molar-refractivity contribution < 1.29 is 23.4 Å². The number of aliphatic hydroxyl groups is 1. The van der Waals surface area contributed by atoms with Crippen LogP contribution in [0.1, 0.15) is 36.6 Å². The Hall–Kier alpha value is -2.41. The van der Waals surface area contributed by atoms with Crippen LogP contribution in [0.15, 0.2) is 34.9 Å². The van der Waals surface area contributed by atoms with Crippen LogP contribution in [0.25, 0.3) is 0 Å². The first kappa shape index (κ1) is 17.9. The molecule has 2 rings (SSSR count). The topological polar surface area (TPSA) is 75.8 Å². The van der Waals surface area contributed by atoms with Gasteiger partial charge in [0.1, 0.15) is 17.8 Å². The van der Waals surface area contributed by atoms with Crippen molar-refractivity contribution in [2.75, 3.05) is 13.6 Å². The van der Waals surface area contributed by atoms with Gasteiger partial charge in [0.15, 0.2) is 12.3 Å². The zero-order chi connectivity index (χ0) is 17.7. The van der Waals surface area contributed by atoms with Gasteiger partial charge in [0, 0.05) is 13.6 Å². The maximum atomic E-state index is 12.8. The lowest BCUT2D eigenvalue weighted by Crippen LogP contribution is -2.32. The molecule has 24 heavy (non-hydrogen) atoms. The maximum Gasteiger partial charge on any atom is 0.275 e. The number of amides is 1. The lowest BCUT2D eigenvalue weighted by molar-refractivity contribution is 0.0542. The number of carbonyl (C=O) groups is 1. The summed E-state index contributed by atoms with van der Waals surface area (Å²) < 4.78 is 23.4. The van der Waals surface area contributed by atoms with Crippen molar-refractivity contribution in [2.24, 2.45) is 0 Å². The van der Waals surface area contributed by atoms with Crippen LogP contribution in [0.2, 0.25) is 0 Å². The Bertz CT molecular complexity index is 677. The highest BCUT2D eigenvalue weighted by Crippen LogP contribution is 2.14. The van der Waals surface area contributed by atoms with Crippen molar-refractivity contribution in [3.05, 3.63) is 47.9 Å². The third-order valence-corrected chi connectivity index (χ3v) is 3.35. The van der Waals surface area contributed by atoms with E-state index < -0.39 is 5.60 Å². The van der Waals surface area contributed by atoms with Crippen LogP contribution >= 0.6 is 0 Å². The van der Waals surface area contributed by atoms with Gasteiger partial charge in [-0.1, -0.05) is 0 Å². The molecule has 0 saturated carbocycles. The maximum absolute atomic E-state index is 12.8. The summed E-state index contributed by atoms with van der Waals surface area (Å²) >= 11 is 0. The molecule has 0 aliphatic heterocycles. The number of halogens is 1. The Morgan fingerprint density at radius 3 is 2.67 bits per heavy atom. The number of rotatable bonds is 7. The number of ether oxygens (including phenoxy) is 1. The van der Waals surface area contributed by atoms with Gasteiger partial charge >= 0.3 is 0 Å². The summed E-state index contributed by atoms with van der Waals surface area (Å²) in [6.07, 6.45) is 1.72. The molecule has 0 aliphatic carbocycles. The molecule has 0 unspecified atom stereocenters. The van der Waals surface area contributed by atoms with Crippen LogP contribution in [0.5, 0.6) is 5.75 Å². The van der Waals surface area contributed by atoms with Gasteiger partial charge in [-0.25, -0.2) is 9.37 Å². The van der Waals surface area contributed by atoms with Crippen molar-refractivity contribution in [1.29, 1.82) is 0 Å². The van der Waals surface area contributed by atoms with Crippen molar-refractivity contribution in [3.63, 3.8) is 0 Å². The SMILES string of the molecule is CN(CCC(C)(C)O)C(=O)c1coc(COc2ccc(F)cc2)n1. The average Bonchev–Trinajstić information content (AvgIpc) is 2.99. The molecule has 130 valence electrons. The first-order chi connectivity index (χ1) is 11.2. The smallest absolute Gasteiger partial charge is 0.275 e. The summed E-state index contributed by atoms with van der Waals surface area (Å²) in [5, 5.41) is 9.71. The first-order valence-corrected chi connectivity index (χ1v) is 7.55. The lowest BCUT2D eigenvalue weighted by atomic mass is 10.1. The van der Waals surface area contributed by atoms with Crippen LogP contribution in [-0.2, 0) is 6.61 Å². The first-order valence-electron chi connectivity index (χ1n) is 7.55. The van der Waals surface area contributed by atoms with E-state index in [0.717, 1.165) is 0 Å². The van der Waals surface area contributed by atoms with E-state index in [1.165, 1.54) is 35.4 Å². The number of carbonyl (C=O) groups excluding carboxylic acids is 1. The third-order valence-electron chi connectivity index (χ3n) is 3.35.